The van der Waals surface area contributed by atoms with Crippen LogP contribution in [0.25, 0.3) is 0 Å². The summed E-state index contributed by atoms with van der Waals surface area (Å²) in [6.07, 6.45) is 4.69. The summed E-state index contributed by atoms with van der Waals surface area (Å²) >= 11 is 0. The van der Waals surface area contributed by atoms with Crippen LogP contribution in [0.15, 0.2) is 54.6 Å². The fraction of sp³-hybridized carbons (Fsp3) is 0.520. The molecule has 1 fully saturated rings. The van der Waals surface area contributed by atoms with Gasteiger partial charge in [-0.1, -0.05) is 42.5 Å². The summed E-state index contributed by atoms with van der Waals surface area (Å²) in [7, 11) is 1.71. The first-order chi connectivity index (χ1) is 13.6. The highest BCUT2D eigenvalue weighted by atomic mass is 16.5. The quantitative estimate of drug-likeness (QED) is 0.603. The van der Waals surface area contributed by atoms with E-state index in [0.717, 1.165) is 44.2 Å². The van der Waals surface area contributed by atoms with Crippen LogP contribution in [-0.2, 0) is 17.7 Å². The second-order valence-corrected chi connectivity index (χ2v) is 8.62. The monoisotopic (exact) mass is 381 g/mol. The molecule has 1 aliphatic rings. The number of benzene rings is 2. The molecule has 3 heteroatoms. The maximum Gasteiger partial charge on any atom is 0.118 e. The van der Waals surface area contributed by atoms with E-state index in [0.29, 0.717) is 5.92 Å². The molecular weight excluding hydrogens is 346 g/mol. The molecule has 2 aromatic rings. The van der Waals surface area contributed by atoms with Crippen molar-refractivity contribution in [3.8, 4) is 5.75 Å². The Labute approximate surface area is 170 Å². The van der Waals surface area contributed by atoms with Gasteiger partial charge in [0.2, 0.25) is 0 Å². The van der Waals surface area contributed by atoms with E-state index in [1.54, 1.807) is 7.11 Å². The molecule has 0 spiro atoms. The molecule has 0 radical (unpaired) electrons. The van der Waals surface area contributed by atoms with Crippen LogP contribution in [0.5, 0.6) is 5.75 Å². The van der Waals surface area contributed by atoms with Crippen LogP contribution in [0.3, 0.4) is 0 Å². The molecule has 3 rings (SSSR count). The van der Waals surface area contributed by atoms with Crippen molar-refractivity contribution in [1.82, 2.24) is 5.32 Å². The molecule has 0 aromatic heterocycles. The van der Waals surface area contributed by atoms with Crippen LogP contribution in [0.1, 0.15) is 44.2 Å². The van der Waals surface area contributed by atoms with Gasteiger partial charge in [-0.2, -0.15) is 0 Å². The molecule has 1 saturated heterocycles. The lowest BCUT2D eigenvalue weighted by atomic mass is 9.75. The Kier molecular flexibility index (Phi) is 7.52. The minimum Gasteiger partial charge on any atom is -0.497 e. The number of nitrogens with one attached hydrogen (secondary N) is 1. The zero-order chi connectivity index (χ0) is 19.8. The lowest BCUT2D eigenvalue weighted by Gasteiger charge is -2.39. The normalized spacial score (nSPS) is 19.9. The summed E-state index contributed by atoms with van der Waals surface area (Å²) in [6, 6.07) is 19.3. The van der Waals surface area contributed by atoms with Crippen molar-refractivity contribution in [3.63, 3.8) is 0 Å². The van der Waals surface area contributed by atoms with E-state index in [1.807, 2.05) is 12.1 Å². The predicted octanol–water partition coefficient (Wildman–Crippen LogP) is 5.24. The molecule has 2 aromatic carbocycles. The summed E-state index contributed by atoms with van der Waals surface area (Å²) in [5.74, 6) is 2.33. The number of methoxy groups -OCH3 is 1. The third-order valence-corrected chi connectivity index (χ3v) is 5.92. The predicted molar refractivity (Wildman–Crippen MR) is 116 cm³/mol. The molecule has 2 unspecified atom stereocenters. The van der Waals surface area contributed by atoms with Gasteiger partial charge in [0.15, 0.2) is 0 Å². The van der Waals surface area contributed by atoms with Gasteiger partial charge in [-0.15, -0.1) is 0 Å². The Morgan fingerprint density at radius 3 is 2.50 bits per heavy atom. The van der Waals surface area contributed by atoms with Gasteiger partial charge in [0, 0.05) is 13.2 Å². The third kappa shape index (κ3) is 6.35. The zero-order valence-electron chi connectivity index (χ0n) is 17.6. The van der Waals surface area contributed by atoms with Crippen molar-refractivity contribution < 1.29 is 9.47 Å². The van der Waals surface area contributed by atoms with Crippen LogP contribution >= 0.6 is 0 Å². The molecular formula is C25H35NO2. The average Bonchev–Trinajstić information content (AvgIpc) is 2.70. The van der Waals surface area contributed by atoms with Crippen molar-refractivity contribution in [2.24, 2.45) is 11.8 Å². The third-order valence-electron chi connectivity index (χ3n) is 5.92. The molecule has 1 heterocycles. The average molecular weight is 382 g/mol. The second-order valence-electron chi connectivity index (χ2n) is 8.62. The smallest absolute Gasteiger partial charge is 0.118 e. The van der Waals surface area contributed by atoms with E-state index in [9.17, 15) is 0 Å². The fourth-order valence-electron chi connectivity index (χ4n) is 4.37. The van der Waals surface area contributed by atoms with E-state index >= 15 is 0 Å². The van der Waals surface area contributed by atoms with Gasteiger partial charge in [0.25, 0.3) is 0 Å². The standard InChI is InChI=1S/C25H35NO2/c1-25(2)18-23(14-16-28-25)22(17-20-7-5-4-6-8-20)13-15-26-19-21-9-11-24(27-3)12-10-21/h4-12,22-23,26H,13-19H2,1-3H3. The van der Waals surface area contributed by atoms with Gasteiger partial charge in [-0.05, 0) is 81.2 Å². The van der Waals surface area contributed by atoms with Crippen molar-refractivity contribution in [2.45, 2.75) is 51.7 Å². The molecule has 28 heavy (non-hydrogen) atoms. The molecule has 0 bridgehead atoms. The lowest BCUT2D eigenvalue weighted by Crippen LogP contribution is -2.38. The summed E-state index contributed by atoms with van der Waals surface area (Å²) in [5, 5.41) is 3.64. The molecule has 0 aliphatic carbocycles. The number of ether oxygens (including phenoxy) is 2. The van der Waals surface area contributed by atoms with Gasteiger partial charge < -0.3 is 14.8 Å². The SMILES string of the molecule is COc1ccc(CNCCC(Cc2ccccc2)C2CCOC(C)(C)C2)cc1. The molecule has 3 nitrogen and oxygen atoms in total. The Hall–Kier alpha value is -1.84. The summed E-state index contributed by atoms with van der Waals surface area (Å²) < 4.78 is 11.2. The van der Waals surface area contributed by atoms with Gasteiger partial charge >= 0.3 is 0 Å². The van der Waals surface area contributed by atoms with E-state index < -0.39 is 0 Å². The van der Waals surface area contributed by atoms with Gasteiger partial charge in [-0.25, -0.2) is 0 Å². The molecule has 1 N–H and O–H groups in total. The Morgan fingerprint density at radius 1 is 1.07 bits per heavy atom. The fourth-order valence-corrected chi connectivity index (χ4v) is 4.37. The van der Waals surface area contributed by atoms with Crippen LogP contribution in [0.4, 0.5) is 0 Å². The maximum atomic E-state index is 5.97. The first-order valence-corrected chi connectivity index (χ1v) is 10.6. The summed E-state index contributed by atoms with van der Waals surface area (Å²) in [4.78, 5) is 0. The van der Waals surface area contributed by atoms with E-state index in [1.165, 1.54) is 24.0 Å². The van der Waals surface area contributed by atoms with Crippen molar-refractivity contribution in [1.29, 1.82) is 0 Å². The van der Waals surface area contributed by atoms with Crippen molar-refractivity contribution in [2.75, 3.05) is 20.3 Å². The summed E-state index contributed by atoms with van der Waals surface area (Å²) in [6.45, 7) is 7.31. The molecule has 152 valence electrons. The summed E-state index contributed by atoms with van der Waals surface area (Å²) in [5.41, 5.74) is 2.76. The first kappa shape index (κ1) is 20.9. The van der Waals surface area contributed by atoms with Gasteiger partial charge in [0.1, 0.15) is 5.75 Å². The van der Waals surface area contributed by atoms with Crippen LogP contribution in [-0.4, -0.2) is 25.9 Å². The highest BCUT2D eigenvalue weighted by Crippen LogP contribution is 2.36. The zero-order valence-corrected chi connectivity index (χ0v) is 17.6. The minimum atomic E-state index is 0.00831. The Balaban J connectivity index is 1.55. The molecule has 0 saturated carbocycles. The van der Waals surface area contributed by atoms with Crippen LogP contribution in [0.2, 0.25) is 0 Å². The minimum absolute atomic E-state index is 0.00831. The van der Waals surface area contributed by atoms with E-state index in [4.69, 9.17) is 9.47 Å². The van der Waals surface area contributed by atoms with Gasteiger partial charge in [0.05, 0.1) is 12.7 Å². The number of hydrogen-bond donors (Lipinski definition) is 1. The van der Waals surface area contributed by atoms with Crippen LogP contribution < -0.4 is 10.1 Å². The Bertz CT molecular complexity index is 696. The maximum absolute atomic E-state index is 5.97. The number of rotatable bonds is 9. The molecule has 1 aliphatic heterocycles. The highest BCUT2D eigenvalue weighted by molar-refractivity contribution is 5.27. The molecule has 0 amide bonds. The van der Waals surface area contributed by atoms with E-state index in [-0.39, 0.29) is 5.60 Å². The highest BCUT2D eigenvalue weighted by Gasteiger charge is 2.33. The largest absolute Gasteiger partial charge is 0.497 e. The van der Waals surface area contributed by atoms with Gasteiger partial charge in [-0.3, -0.25) is 0 Å². The number of hydrogen-bond acceptors (Lipinski definition) is 3. The van der Waals surface area contributed by atoms with Crippen molar-refractivity contribution >= 4 is 0 Å². The van der Waals surface area contributed by atoms with E-state index in [2.05, 4.69) is 61.6 Å². The second kappa shape index (κ2) is 10.1. The first-order valence-electron chi connectivity index (χ1n) is 10.6. The molecule has 2 atom stereocenters. The lowest BCUT2D eigenvalue weighted by molar-refractivity contribution is -0.0830. The Morgan fingerprint density at radius 2 is 1.82 bits per heavy atom. The topological polar surface area (TPSA) is 30.5 Å². The van der Waals surface area contributed by atoms with Crippen molar-refractivity contribution in [3.05, 3.63) is 65.7 Å². The van der Waals surface area contributed by atoms with Crippen LogP contribution in [0, 0.1) is 11.8 Å².